The van der Waals surface area contributed by atoms with Crippen LogP contribution in [-0.4, -0.2) is 124 Å². The molecule has 1 saturated heterocycles. The lowest BCUT2D eigenvalue weighted by Crippen LogP contribution is -2.71. The van der Waals surface area contributed by atoms with Gasteiger partial charge in [0.05, 0.1) is 31.5 Å². The molecule has 3 aromatic rings. The van der Waals surface area contributed by atoms with Crippen LogP contribution in [-0.2, 0) is 38.4 Å². The Morgan fingerprint density at radius 2 is 1.89 bits per heavy atom. The number of benzene rings is 3. The molecule has 1 fully saturated rings. The largest absolute Gasteiger partial charge is 0.493 e. The van der Waals surface area contributed by atoms with Crippen molar-refractivity contribution in [3.8, 4) is 28.7 Å². The average molecular weight is 857 g/mol. The lowest BCUT2D eigenvalue weighted by atomic mass is 9.78. The number of esters is 1. The third-order valence-corrected chi connectivity index (χ3v) is 12.3. The lowest BCUT2D eigenvalue weighted by Gasteiger charge is -2.48. The number of hydrogen-bond acceptors (Lipinski definition) is 17. The molecule has 0 bridgehead atoms. The molecule has 0 aromatic heterocycles. The Kier molecular flexibility index (Phi) is 11.1. The fourth-order valence-corrected chi connectivity index (χ4v) is 9.46. The molecule has 6 aliphatic heterocycles. The SMILES string of the molecule is COc1ccc2c(c1OCCO)O[C@H]1c3c(cc4c(c3CN3C=C5N=CC=C5C3)CC[C@]3(O)[C@H](O4)O[C@H]([C@H](OC(=O)CC(=O)O)C(N)N)[C@@H](O)[C@@H]3O)O[C@@H](Cc3ccccc3)[C@@H]21. The zero-order valence-corrected chi connectivity index (χ0v) is 33.7. The molecule has 0 unspecified atom stereocenters. The molecule has 0 aliphatic carbocycles. The topological polar surface area (TPSA) is 268 Å². The summed E-state index contributed by atoms with van der Waals surface area (Å²) in [5, 5.41) is 54.2. The quantitative estimate of drug-likeness (QED) is 0.0721. The van der Waals surface area contributed by atoms with Gasteiger partial charge < -0.3 is 75.1 Å². The number of aliphatic imine (C=N–C) groups is 1. The van der Waals surface area contributed by atoms with Crippen molar-refractivity contribution in [2.75, 3.05) is 26.9 Å². The van der Waals surface area contributed by atoms with Crippen LogP contribution in [0.4, 0.5) is 0 Å². The highest BCUT2D eigenvalue weighted by Gasteiger charge is 2.60. The van der Waals surface area contributed by atoms with Crippen molar-refractivity contribution in [1.82, 2.24) is 4.90 Å². The summed E-state index contributed by atoms with van der Waals surface area (Å²) in [5.74, 6) is -1.10. The van der Waals surface area contributed by atoms with Gasteiger partial charge in [0.25, 0.3) is 0 Å². The Bertz CT molecular complexity index is 2340. The van der Waals surface area contributed by atoms with E-state index < -0.39 is 73.0 Å². The Morgan fingerprint density at radius 3 is 2.61 bits per heavy atom. The van der Waals surface area contributed by atoms with Gasteiger partial charge in [0.15, 0.2) is 23.2 Å². The number of fused-ring (bicyclic) bond motifs is 8. The molecule has 9 atom stereocenters. The summed E-state index contributed by atoms with van der Waals surface area (Å²) in [6.07, 6.45) is -6.31. The highest BCUT2D eigenvalue weighted by Crippen LogP contribution is 2.60. The van der Waals surface area contributed by atoms with Crippen molar-refractivity contribution < 1.29 is 68.3 Å². The molecule has 18 nitrogen and oxygen atoms in total. The summed E-state index contributed by atoms with van der Waals surface area (Å²) < 4.78 is 43.9. The maximum absolute atomic E-state index is 12.5. The number of allylic oxidation sites excluding steroid dienone is 1. The highest BCUT2D eigenvalue weighted by molar-refractivity contribution is 5.90. The van der Waals surface area contributed by atoms with E-state index in [0.717, 1.165) is 33.5 Å². The van der Waals surface area contributed by atoms with Gasteiger partial charge in [0.2, 0.25) is 12.0 Å². The molecule has 0 radical (unpaired) electrons. The summed E-state index contributed by atoms with van der Waals surface area (Å²) in [5.41, 5.74) is 15.6. The van der Waals surface area contributed by atoms with Gasteiger partial charge >= 0.3 is 11.9 Å². The van der Waals surface area contributed by atoms with Gasteiger partial charge in [-0.2, -0.15) is 0 Å². The Hall–Kier alpha value is -5.73. The molecule has 3 aromatic carbocycles. The van der Waals surface area contributed by atoms with Crippen LogP contribution in [0, 0.1) is 0 Å². The second kappa shape index (κ2) is 16.5. The van der Waals surface area contributed by atoms with E-state index in [9.17, 15) is 30.0 Å². The van der Waals surface area contributed by atoms with E-state index in [2.05, 4.69) is 9.89 Å². The van der Waals surface area contributed by atoms with Crippen molar-refractivity contribution in [3.05, 3.63) is 99.9 Å². The number of aliphatic carboxylic acids is 1. The molecule has 0 spiro atoms. The van der Waals surface area contributed by atoms with Crippen LogP contribution < -0.4 is 35.2 Å². The lowest BCUT2D eigenvalue weighted by molar-refractivity contribution is -0.329. The van der Waals surface area contributed by atoms with E-state index >= 15 is 0 Å². The fraction of sp³-hybridized carbons (Fsp3) is 0.432. The van der Waals surface area contributed by atoms with Gasteiger partial charge in [0, 0.05) is 60.3 Å². The fourth-order valence-electron chi connectivity index (χ4n) is 9.46. The van der Waals surface area contributed by atoms with Gasteiger partial charge in [-0.15, -0.1) is 0 Å². The van der Waals surface area contributed by atoms with Crippen molar-refractivity contribution >= 4 is 18.2 Å². The number of methoxy groups -OCH3 is 1. The van der Waals surface area contributed by atoms with Gasteiger partial charge in [-0.05, 0) is 36.1 Å². The molecule has 0 amide bonds. The molecule has 9 N–H and O–H groups in total. The van der Waals surface area contributed by atoms with E-state index in [1.807, 2.05) is 54.7 Å². The van der Waals surface area contributed by atoms with Crippen LogP contribution in [0.25, 0.3) is 0 Å². The first kappa shape index (κ1) is 41.6. The van der Waals surface area contributed by atoms with Gasteiger partial charge in [-0.1, -0.05) is 36.4 Å². The number of carbonyl (C=O) groups is 2. The van der Waals surface area contributed by atoms with E-state index in [1.165, 1.54) is 7.11 Å². The number of carboxylic acids is 1. The Morgan fingerprint density at radius 1 is 1.08 bits per heavy atom. The van der Waals surface area contributed by atoms with Crippen LogP contribution in [0.2, 0.25) is 0 Å². The first-order chi connectivity index (χ1) is 29.9. The number of carboxylic acid groups (broad SMARTS) is 1. The van der Waals surface area contributed by atoms with E-state index in [0.29, 0.717) is 48.1 Å². The number of aliphatic hydroxyl groups excluding tert-OH is 3. The van der Waals surface area contributed by atoms with Gasteiger partial charge in [0.1, 0.15) is 55.0 Å². The predicted molar refractivity (Wildman–Crippen MR) is 217 cm³/mol. The number of aliphatic hydroxyl groups is 4. The summed E-state index contributed by atoms with van der Waals surface area (Å²) in [4.78, 5) is 30.3. The highest BCUT2D eigenvalue weighted by atomic mass is 16.7. The summed E-state index contributed by atoms with van der Waals surface area (Å²) in [6.45, 7) is 0.643. The number of ether oxygens (including phenoxy) is 7. The summed E-state index contributed by atoms with van der Waals surface area (Å²) in [6, 6.07) is 15.4. The van der Waals surface area contributed by atoms with Crippen LogP contribution in [0.1, 0.15) is 52.7 Å². The Balaban J connectivity index is 1.16. The number of carbonyl (C=O) groups excluding carboxylic acids is 1. The molecule has 6 heterocycles. The number of nitrogens with zero attached hydrogens (tertiary/aromatic N) is 2. The maximum atomic E-state index is 12.5. The van der Waals surface area contributed by atoms with Crippen LogP contribution >= 0.6 is 0 Å². The minimum Gasteiger partial charge on any atom is -0.493 e. The third-order valence-electron chi connectivity index (χ3n) is 12.3. The van der Waals surface area contributed by atoms with E-state index in [-0.39, 0.29) is 37.7 Å². The summed E-state index contributed by atoms with van der Waals surface area (Å²) in [7, 11) is 1.53. The third kappa shape index (κ3) is 7.30. The monoisotopic (exact) mass is 856 g/mol. The first-order valence-electron chi connectivity index (χ1n) is 20.4. The van der Waals surface area contributed by atoms with Gasteiger partial charge in [-0.25, -0.2) is 0 Å². The maximum Gasteiger partial charge on any atom is 0.317 e. The van der Waals surface area contributed by atoms with Gasteiger partial charge in [-0.3, -0.25) is 14.6 Å². The standard InChI is InChI=1S/C44H48N4O14/c1-56-27-8-7-24-33-29(15-21-5-3-2-4-6-21)58-30-16-28-23(9-11-44(55)41(54)35(53)39(62-43(44)59-28)40(42(45)46)60-32(52)17-31(50)51)25(19-48-18-22-10-12-47-26(22)20-48)34(30)38(33)61-36(24)37(27)57-14-13-49/h2-8,10,12,16,20,29,33,35,38-43,49,53-55H,9,11,13-15,17-19,45-46H2,1H3,(H,50,51)/t29-,33+,35+,38+,39-,40-,41-,43+,44+/m0/s1. The molecule has 9 rings (SSSR count). The minimum absolute atomic E-state index is 0.000376. The molecular formula is C44H48N4O14. The number of hydrogen-bond donors (Lipinski definition) is 7. The first-order valence-corrected chi connectivity index (χ1v) is 20.4. The second-order valence-electron chi connectivity index (χ2n) is 16.2. The Labute approximate surface area is 355 Å². The van der Waals surface area contributed by atoms with Crippen LogP contribution in [0.15, 0.2) is 77.1 Å². The van der Waals surface area contributed by atoms with Crippen molar-refractivity contribution in [3.63, 3.8) is 0 Å². The van der Waals surface area contributed by atoms with Crippen LogP contribution in [0.3, 0.4) is 0 Å². The minimum atomic E-state index is -2.22. The predicted octanol–water partition coefficient (Wildman–Crippen LogP) is 1.09. The zero-order valence-electron chi connectivity index (χ0n) is 33.7. The van der Waals surface area contributed by atoms with Crippen molar-refractivity contribution in [2.24, 2.45) is 16.5 Å². The molecule has 0 saturated carbocycles. The zero-order chi connectivity index (χ0) is 43.4. The molecule has 62 heavy (non-hydrogen) atoms. The number of nitrogens with two attached hydrogens (primary N) is 2. The van der Waals surface area contributed by atoms with Crippen LogP contribution in [0.5, 0.6) is 28.7 Å². The van der Waals surface area contributed by atoms with Crippen molar-refractivity contribution in [2.45, 2.75) is 92.8 Å². The average Bonchev–Trinajstić information content (AvgIpc) is 3.94. The second-order valence-corrected chi connectivity index (χ2v) is 16.2. The van der Waals surface area contributed by atoms with E-state index in [1.54, 1.807) is 12.3 Å². The smallest absolute Gasteiger partial charge is 0.317 e. The van der Waals surface area contributed by atoms with Crippen molar-refractivity contribution in [1.29, 1.82) is 0 Å². The molecule has 18 heteroatoms. The molecule has 6 aliphatic rings. The van der Waals surface area contributed by atoms with E-state index in [4.69, 9.17) is 49.7 Å². The molecule has 328 valence electrons. The normalized spacial score (nSPS) is 28.0. The summed E-state index contributed by atoms with van der Waals surface area (Å²) >= 11 is 0. The number of rotatable bonds is 13. The molecular weight excluding hydrogens is 808 g/mol.